The highest BCUT2D eigenvalue weighted by molar-refractivity contribution is 7.92. The molecule has 0 bridgehead atoms. The van der Waals surface area contributed by atoms with Gasteiger partial charge >= 0.3 is 6.03 Å². The van der Waals surface area contributed by atoms with Gasteiger partial charge in [0.05, 0.1) is 37.6 Å². The molecule has 2 atom stereocenters. The Morgan fingerprint density at radius 1 is 0.826 bits per heavy atom. The second-order valence-corrected chi connectivity index (χ2v) is 14.9. The Morgan fingerprint density at radius 2 is 1.43 bits per heavy atom. The molecule has 46 heavy (non-hydrogen) atoms. The fourth-order valence-electron chi connectivity index (χ4n) is 4.96. The van der Waals surface area contributed by atoms with Gasteiger partial charge in [0, 0.05) is 24.8 Å². The molecule has 1 aliphatic rings. The molecule has 3 N–H and O–H groups in total. The first-order chi connectivity index (χ1) is 22.0. The molecule has 0 radical (unpaired) electrons. The largest absolute Gasteiger partial charge is 0.497 e. The quantitative estimate of drug-likeness (QED) is 0.222. The fraction of sp³-hybridized carbons (Fsp3) is 0.375. The van der Waals surface area contributed by atoms with E-state index < -0.39 is 55.4 Å². The normalized spacial score (nSPS) is 14.9. The van der Waals surface area contributed by atoms with Gasteiger partial charge in [0.25, 0.3) is 0 Å². The highest BCUT2D eigenvalue weighted by Gasteiger charge is 2.32. The van der Waals surface area contributed by atoms with Crippen LogP contribution < -0.4 is 20.1 Å². The highest BCUT2D eigenvalue weighted by atomic mass is 32.2. The number of urea groups is 1. The van der Waals surface area contributed by atoms with Gasteiger partial charge in [-0.1, -0.05) is 60.7 Å². The van der Waals surface area contributed by atoms with Crippen LogP contribution in [0.15, 0.2) is 84.9 Å². The Bertz CT molecular complexity index is 1630. The number of sulfone groups is 1. The zero-order chi connectivity index (χ0) is 33.0. The van der Waals surface area contributed by atoms with Crippen LogP contribution in [-0.2, 0) is 41.6 Å². The monoisotopic (exact) mass is 672 g/mol. The van der Waals surface area contributed by atoms with Gasteiger partial charge in [-0.2, -0.15) is 0 Å². The summed E-state index contributed by atoms with van der Waals surface area (Å²) in [6.45, 7) is 1.20. The number of methoxy groups -OCH3 is 1. The van der Waals surface area contributed by atoms with E-state index in [4.69, 9.17) is 9.47 Å². The van der Waals surface area contributed by atoms with Crippen LogP contribution >= 0.6 is 0 Å². The molecule has 1 heterocycles. The number of rotatable bonds is 15. The second kappa shape index (κ2) is 16.4. The van der Waals surface area contributed by atoms with E-state index in [2.05, 4.69) is 15.4 Å². The van der Waals surface area contributed by atoms with Gasteiger partial charge in [-0.3, -0.25) is 9.52 Å². The number of benzene rings is 3. The number of ether oxygens (including phenoxy) is 2. The lowest BCUT2D eigenvalue weighted by Crippen LogP contribution is -2.57. The molecule has 3 aromatic rings. The summed E-state index contributed by atoms with van der Waals surface area (Å²) in [6, 6.07) is 21.3. The molecule has 0 saturated carbocycles. The van der Waals surface area contributed by atoms with Gasteiger partial charge in [-0.25, -0.2) is 21.6 Å². The minimum atomic E-state index is -3.98. The van der Waals surface area contributed by atoms with E-state index in [-0.39, 0.29) is 25.3 Å². The Labute approximate surface area is 270 Å². The molecule has 0 aliphatic carbocycles. The smallest absolute Gasteiger partial charge is 0.318 e. The zero-order valence-corrected chi connectivity index (χ0v) is 27.3. The molecular formula is C32H40N4O8S2. The minimum absolute atomic E-state index is 0.236. The van der Waals surface area contributed by atoms with Crippen molar-refractivity contribution in [1.82, 2.24) is 15.5 Å². The summed E-state index contributed by atoms with van der Waals surface area (Å²) in [7, 11) is -6.36. The number of sulfonamides is 1. The lowest BCUT2D eigenvalue weighted by atomic mass is 10.1. The first kappa shape index (κ1) is 34.7. The van der Waals surface area contributed by atoms with Crippen LogP contribution in [0.2, 0.25) is 0 Å². The predicted octanol–water partition coefficient (Wildman–Crippen LogP) is 2.58. The maximum Gasteiger partial charge on any atom is 0.318 e. The van der Waals surface area contributed by atoms with Gasteiger partial charge in [-0.15, -0.1) is 0 Å². The highest BCUT2D eigenvalue weighted by Crippen LogP contribution is 2.17. The zero-order valence-electron chi connectivity index (χ0n) is 25.6. The summed E-state index contributed by atoms with van der Waals surface area (Å²) < 4.78 is 66.0. The third-order valence-corrected chi connectivity index (χ3v) is 10.3. The molecule has 1 fully saturated rings. The SMILES string of the molecule is COc1ccc(NS(=O)(=O)C[C@H](CCc2ccccc2)NC(=O)C(CS(=O)(=O)Cc2ccccc2)NC(=O)N2CCOCC2)cc1. The van der Waals surface area contributed by atoms with Crippen molar-refractivity contribution in [2.45, 2.75) is 30.7 Å². The molecule has 12 nitrogen and oxygen atoms in total. The fourth-order valence-corrected chi connectivity index (χ4v) is 7.88. The Balaban J connectivity index is 1.53. The van der Waals surface area contributed by atoms with Crippen LogP contribution in [0.3, 0.4) is 0 Å². The number of aryl methyl sites for hydroxylation is 1. The molecule has 248 valence electrons. The molecule has 14 heteroatoms. The molecule has 0 aromatic heterocycles. The average Bonchev–Trinajstić information content (AvgIpc) is 3.04. The van der Waals surface area contributed by atoms with E-state index in [0.29, 0.717) is 36.6 Å². The first-order valence-corrected chi connectivity index (χ1v) is 18.4. The molecule has 1 aliphatic heterocycles. The second-order valence-electron chi connectivity index (χ2n) is 11.0. The average molecular weight is 673 g/mol. The van der Waals surface area contributed by atoms with Crippen molar-refractivity contribution < 1.29 is 35.9 Å². The summed E-state index contributed by atoms with van der Waals surface area (Å²) in [5.41, 5.74) is 1.79. The third kappa shape index (κ3) is 11.3. The summed E-state index contributed by atoms with van der Waals surface area (Å²) in [4.78, 5) is 28.3. The van der Waals surface area contributed by atoms with Gasteiger partial charge in [-0.05, 0) is 48.2 Å². The molecule has 3 amide bonds. The van der Waals surface area contributed by atoms with Crippen molar-refractivity contribution in [3.05, 3.63) is 96.1 Å². The summed E-state index contributed by atoms with van der Waals surface area (Å²) in [5.74, 6) is -1.73. The van der Waals surface area contributed by atoms with Crippen LogP contribution in [0.5, 0.6) is 5.75 Å². The van der Waals surface area contributed by atoms with E-state index in [9.17, 15) is 26.4 Å². The van der Waals surface area contributed by atoms with E-state index in [1.165, 1.54) is 12.0 Å². The van der Waals surface area contributed by atoms with Crippen molar-refractivity contribution in [3.8, 4) is 5.75 Å². The van der Waals surface area contributed by atoms with Gasteiger partial charge in [0.2, 0.25) is 15.9 Å². The van der Waals surface area contributed by atoms with Crippen molar-refractivity contribution in [3.63, 3.8) is 0 Å². The van der Waals surface area contributed by atoms with E-state index in [1.54, 1.807) is 54.6 Å². The Kier molecular flexibility index (Phi) is 12.4. The summed E-state index contributed by atoms with van der Waals surface area (Å²) in [6.07, 6.45) is 0.682. The number of anilines is 1. The first-order valence-electron chi connectivity index (χ1n) is 14.9. The van der Waals surface area contributed by atoms with Gasteiger partial charge in [0.1, 0.15) is 11.8 Å². The maximum atomic E-state index is 13.8. The van der Waals surface area contributed by atoms with Crippen molar-refractivity contribution >= 4 is 37.5 Å². The molecule has 1 unspecified atom stereocenters. The third-order valence-electron chi connectivity index (χ3n) is 7.32. The lowest BCUT2D eigenvalue weighted by Gasteiger charge is -2.29. The number of hydrogen-bond acceptors (Lipinski definition) is 8. The predicted molar refractivity (Wildman–Crippen MR) is 176 cm³/mol. The lowest BCUT2D eigenvalue weighted by molar-refractivity contribution is -0.123. The van der Waals surface area contributed by atoms with Crippen LogP contribution in [0.1, 0.15) is 17.5 Å². The number of carbonyl (C=O) groups is 2. The van der Waals surface area contributed by atoms with Crippen LogP contribution in [-0.4, -0.2) is 90.7 Å². The molecule has 3 aromatic carbocycles. The van der Waals surface area contributed by atoms with E-state index in [1.807, 2.05) is 30.3 Å². The number of morpholine rings is 1. The van der Waals surface area contributed by atoms with Crippen molar-refractivity contribution in [2.24, 2.45) is 0 Å². The molecular weight excluding hydrogens is 633 g/mol. The van der Waals surface area contributed by atoms with Crippen LogP contribution in [0.4, 0.5) is 10.5 Å². The van der Waals surface area contributed by atoms with E-state index in [0.717, 1.165) is 5.56 Å². The molecule has 4 rings (SSSR count). The van der Waals surface area contributed by atoms with E-state index >= 15 is 0 Å². The molecule has 1 saturated heterocycles. The Morgan fingerprint density at radius 3 is 2.04 bits per heavy atom. The van der Waals surface area contributed by atoms with Crippen LogP contribution in [0.25, 0.3) is 0 Å². The minimum Gasteiger partial charge on any atom is -0.497 e. The number of amides is 3. The standard InChI is InChI=1S/C32H40N4O8S2/c1-43-29-16-14-27(15-17-29)35-46(41,42)23-28(13-12-25-8-4-2-5-9-25)33-31(37)30(34-32(38)36-18-20-44-21-19-36)24-45(39,40)22-26-10-6-3-7-11-26/h2-11,14-17,28,30,35H,12-13,18-24H2,1H3,(H,33,37)(H,34,38)/t28-,30?/m0/s1. The topological polar surface area (TPSA) is 160 Å². The van der Waals surface area contributed by atoms with Gasteiger partial charge < -0.3 is 25.0 Å². The van der Waals surface area contributed by atoms with Crippen molar-refractivity contribution in [1.29, 1.82) is 0 Å². The molecule has 0 spiro atoms. The Hall–Kier alpha value is -4.14. The number of hydrogen-bond donors (Lipinski definition) is 3. The maximum absolute atomic E-state index is 13.8. The van der Waals surface area contributed by atoms with Crippen LogP contribution in [0, 0.1) is 0 Å². The number of nitrogens with zero attached hydrogens (tertiary/aromatic N) is 1. The summed E-state index contributed by atoms with van der Waals surface area (Å²) in [5, 5.41) is 5.33. The van der Waals surface area contributed by atoms with Crippen molar-refractivity contribution in [2.75, 3.05) is 49.6 Å². The number of nitrogens with one attached hydrogen (secondary N) is 3. The number of carbonyl (C=O) groups excluding carboxylic acids is 2. The summed E-state index contributed by atoms with van der Waals surface area (Å²) >= 11 is 0. The van der Waals surface area contributed by atoms with Gasteiger partial charge in [0.15, 0.2) is 9.84 Å².